The number of rotatable bonds is 3. The van der Waals surface area contributed by atoms with E-state index in [1.165, 1.54) is 44.2 Å². The van der Waals surface area contributed by atoms with Gasteiger partial charge >= 0.3 is 0 Å². The fourth-order valence-electron chi connectivity index (χ4n) is 7.30. The molecule has 1 unspecified atom stereocenters. The maximum Gasteiger partial charge on any atom is 0.256 e. The zero-order valence-corrected chi connectivity index (χ0v) is 23.8. The molecule has 2 aliphatic heterocycles. The number of carbonyl (C=O) groups is 2. The van der Waals surface area contributed by atoms with Crippen LogP contribution in [0.3, 0.4) is 0 Å². The number of anilines is 1. The standard InChI is InChI=1S/C33H41F2N3O3/c34-25-9-11-28-24(20-25)22-32(12-6-4-2-1-3-5-7-13-32)29(36-28)23-8-10-26(27(35)21-23)30(39)37-16-18-38(19-17-37)31(40)33(41)14-15-33/h8-11,20-21,29,36,41H,1-7,12-19,22H2. The van der Waals surface area contributed by atoms with Crippen molar-refractivity contribution in [2.24, 2.45) is 5.41 Å². The average molecular weight is 566 g/mol. The van der Waals surface area contributed by atoms with Crippen LogP contribution < -0.4 is 5.32 Å². The fourth-order valence-corrected chi connectivity index (χ4v) is 7.30. The molecule has 0 aromatic heterocycles. The van der Waals surface area contributed by atoms with Gasteiger partial charge in [-0.15, -0.1) is 0 Å². The molecule has 3 fully saturated rings. The van der Waals surface area contributed by atoms with E-state index >= 15 is 4.39 Å². The molecule has 2 heterocycles. The Labute approximate surface area is 241 Å². The number of hydrogen-bond acceptors (Lipinski definition) is 4. The molecule has 41 heavy (non-hydrogen) atoms. The molecule has 220 valence electrons. The zero-order chi connectivity index (χ0) is 28.6. The number of halogens is 2. The summed E-state index contributed by atoms with van der Waals surface area (Å²) in [5.74, 6) is -1.42. The van der Waals surface area contributed by atoms with Crippen molar-refractivity contribution in [1.82, 2.24) is 9.80 Å². The van der Waals surface area contributed by atoms with Crippen molar-refractivity contribution in [3.05, 3.63) is 64.7 Å². The van der Waals surface area contributed by atoms with Gasteiger partial charge in [0.1, 0.15) is 17.2 Å². The smallest absolute Gasteiger partial charge is 0.256 e. The minimum absolute atomic E-state index is 0.0348. The normalized spacial score (nSPS) is 23.8. The largest absolute Gasteiger partial charge is 0.380 e. The van der Waals surface area contributed by atoms with Crippen LogP contribution in [0.25, 0.3) is 0 Å². The predicted octanol–water partition coefficient (Wildman–Crippen LogP) is 5.99. The molecule has 4 aliphatic rings. The van der Waals surface area contributed by atoms with E-state index in [1.807, 2.05) is 6.07 Å². The van der Waals surface area contributed by atoms with E-state index in [-0.39, 0.29) is 34.7 Å². The third-order valence-corrected chi connectivity index (χ3v) is 9.90. The van der Waals surface area contributed by atoms with E-state index in [9.17, 15) is 19.1 Å². The first kappa shape index (κ1) is 28.1. The van der Waals surface area contributed by atoms with Gasteiger partial charge in [-0.2, -0.15) is 0 Å². The molecule has 2 amide bonds. The van der Waals surface area contributed by atoms with Crippen LogP contribution in [0.15, 0.2) is 36.4 Å². The lowest BCUT2D eigenvalue weighted by molar-refractivity contribution is -0.143. The highest BCUT2D eigenvalue weighted by atomic mass is 19.1. The van der Waals surface area contributed by atoms with Gasteiger partial charge in [-0.05, 0) is 79.0 Å². The van der Waals surface area contributed by atoms with E-state index in [0.29, 0.717) is 39.0 Å². The first-order chi connectivity index (χ1) is 19.8. The molecule has 2 N–H and O–H groups in total. The van der Waals surface area contributed by atoms with Crippen molar-refractivity contribution in [3.63, 3.8) is 0 Å². The molecule has 1 atom stereocenters. The monoisotopic (exact) mass is 565 g/mol. The molecule has 1 saturated heterocycles. The summed E-state index contributed by atoms with van der Waals surface area (Å²) in [6.45, 7) is 1.28. The first-order valence-corrected chi connectivity index (χ1v) is 15.4. The van der Waals surface area contributed by atoms with E-state index < -0.39 is 11.4 Å². The number of hydrogen-bond donors (Lipinski definition) is 2. The van der Waals surface area contributed by atoms with E-state index in [1.54, 1.807) is 28.0 Å². The van der Waals surface area contributed by atoms with Gasteiger partial charge < -0.3 is 20.2 Å². The summed E-state index contributed by atoms with van der Waals surface area (Å²) in [6.07, 6.45) is 12.0. The Bertz CT molecular complexity index is 1290. The third-order valence-electron chi connectivity index (χ3n) is 9.90. The van der Waals surface area contributed by atoms with Crippen LogP contribution in [0.1, 0.15) is 98.2 Å². The van der Waals surface area contributed by atoms with Gasteiger partial charge in [0.05, 0.1) is 11.6 Å². The highest BCUT2D eigenvalue weighted by Crippen LogP contribution is 2.52. The number of amides is 2. The maximum absolute atomic E-state index is 15.7. The Morgan fingerprint density at radius 3 is 2.07 bits per heavy atom. The van der Waals surface area contributed by atoms with Gasteiger partial charge in [-0.3, -0.25) is 9.59 Å². The van der Waals surface area contributed by atoms with Crippen LogP contribution in [-0.2, 0) is 11.2 Å². The topological polar surface area (TPSA) is 72.9 Å². The summed E-state index contributed by atoms with van der Waals surface area (Å²) in [6, 6.07) is 9.75. The Morgan fingerprint density at radius 1 is 0.805 bits per heavy atom. The van der Waals surface area contributed by atoms with Gasteiger partial charge in [0.2, 0.25) is 0 Å². The molecule has 2 aliphatic carbocycles. The maximum atomic E-state index is 15.7. The second-order valence-corrected chi connectivity index (χ2v) is 12.7. The number of carbonyl (C=O) groups excluding carboxylic acids is 2. The Kier molecular flexibility index (Phi) is 7.79. The minimum atomic E-state index is -1.22. The minimum Gasteiger partial charge on any atom is -0.380 e. The predicted molar refractivity (Wildman–Crippen MR) is 154 cm³/mol. The number of piperazine rings is 1. The first-order valence-electron chi connectivity index (χ1n) is 15.4. The number of nitrogens with zero attached hydrogens (tertiary/aromatic N) is 2. The lowest BCUT2D eigenvalue weighted by Gasteiger charge is -2.47. The van der Waals surface area contributed by atoms with Crippen molar-refractivity contribution in [1.29, 1.82) is 0 Å². The van der Waals surface area contributed by atoms with Crippen molar-refractivity contribution in [2.45, 2.75) is 88.7 Å². The summed E-state index contributed by atoms with van der Waals surface area (Å²) in [5.41, 5.74) is 1.35. The summed E-state index contributed by atoms with van der Waals surface area (Å²) < 4.78 is 30.0. The summed E-state index contributed by atoms with van der Waals surface area (Å²) in [7, 11) is 0. The van der Waals surface area contributed by atoms with E-state index in [4.69, 9.17) is 0 Å². The van der Waals surface area contributed by atoms with Crippen molar-refractivity contribution < 1.29 is 23.5 Å². The molecule has 2 saturated carbocycles. The van der Waals surface area contributed by atoms with Crippen LogP contribution in [0.5, 0.6) is 0 Å². The van der Waals surface area contributed by atoms with Gasteiger partial charge in [0.25, 0.3) is 11.8 Å². The molecule has 0 radical (unpaired) electrons. The number of nitrogens with one attached hydrogen (secondary N) is 1. The number of fused-ring (bicyclic) bond motifs is 1. The molecule has 6 rings (SSSR count). The van der Waals surface area contributed by atoms with E-state index in [0.717, 1.165) is 48.9 Å². The summed E-state index contributed by atoms with van der Waals surface area (Å²) >= 11 is 0. The molecule has 2 aromatic carbocycles. The summed E-state index contributed by atoms with van der Waals surface area (Å²) in [4.78, 5) is 29.0. The second kappa shape index (κ2) is 11.3. The SMILES string of the molecule is O=C(c1ccc(C2Nc3ccc(F)cc3CC23CCCCCCCCC3)cc1F)N1CCN(C(=O)C2(O)CC2)CC1. The third kappa shape index (κ3) is 5.72. The molecule has 2 aromatic rings. The average Bonchev–Trinajstić information content (AvgIpc) is 3.73. The van der Waals surface area contributed by atoms with Crippen molar-refractivity contribution in [2.75, 3.05) is 31.5 Å². The van der Waals surface area contributed by atoms with Crippen LogP contribution >= 0.6 is 0 Å². The van der Waals surface area contributed by atoms with Crippen LogP contribution in [-0.4, -0.2) is 58.5 Å². The number of aliphatic hydroxyl groups is 1. The molecule has 8 heteroatoms. The lowest BCUT2D eigenvalue weighted by Crippen LogP contribution is -2.53. The van der Waals surface area contributed by atoms with Crippen LogP contribution in [0.2, 0.25) is 0 Å². The molecule has 6 nitrogen and oxygen atoms in total. The fraction of sp³-hybridized carbons (Fsp3) is 0.576. The number of benzene rings is 2. The zero-order valence-electron chi connectivity index (χ0n) is 23.8. The second-order valence-electron chi connectivity index (χ2n) is 12.7. The van der Waals surface area contributed by atoms with Gasteiger partial charge in [-0.1, -0.05) is 51.0 Å². The quantitative estimate of drug-likeness (QED) is 0.479. The lowest BCUT2D eigenvalue weighted by atomic mass is 9.64. The molecule has 0 bridgehead atoms. The molecule has 1 spiro atoms. The Balaban J connectivity index is 1.23. The summed E-state index contributed by atoms with van der Waals surface area (Å²) in [5, 5.41) is 13.8. The van der Waals surface area contributed by atoms with Crippen LogP contribution in [0, 0.1) is 17.0 Å². The van der Waals surface area contributed by atoms with Crippen LogP contribution in [0.4, 0.5) is 14.5 Å². The van der Waals surface area contributed by atoms with Crippen molar-refractivity contribution in [3.8, 4) is 0 Å². The molecular weight excluding hydrogens is 524 g/mol. The Hall–Kier alpha value is -3.00. The molecular formula is C33H41F2N3O3. The van der Waals surface area contributed by atoms with Crippen molar-refractivity contribution >= 4 is 17.5 Å². The highest BCUT2D eigenvalue weighted by molar-refractivity contribution is 5.95. The van der Waals surface area contributed by atoms with E-state index in [2.05, 4.69) is 5.32 Å². The van der Waals surface area contributed by atoms with Gasteiger partial charge in [0.15, 0.2) is 0 Å². The van der Waals surface area contributed by atoms with Gasteiger partial charge in [0, 0.05) is 31.9 Å². The highest BCUT2D eigenvalue weighted by Gasteiger charge is 2.50. The Morgan fingerprint density at radius 2 is 1.44 bits per heavy atom. The van der Waals surface area contributed by atoms with Gasteiger partial charge in [-0.25, -0.2) is 8.78 Å².